The highest BCUT2D eigenvalue weighted by Gasteiger charge is 2.36. The second-order valence-corrected chi connectivity index (χ2v) is 7.98. The zero-order chi connectivity index (χ0) is 20.5. The number of anilines is 1. The van der Waals surface area contributed by atoms with Crippen LogP contribution in [0.1, 0.15) is 34.3 Å². The first-order valence-electron chi connectivity index (χ1n) is 10.4. The van der Waals surface area contributed by atoms with Gasteiger partial charge in [-0.1, -0.05) is 24.3 Å². The van der Waals surface area contributed by atoms with Crippen LogP contribution in [0.2, 0.25) is 0 Å². The van der Waals surface area contributed by atoms with Gasteiger partial charge in [0.15, 0.2) is 0 Å². The van der Waals surface area contributed by atoms with Crippen molar-refractivity contribution < 1.29 is 9.59 Å². The molecule has 2 aliphatic rings. The molecule has 150 valence electrons. The number of hydrogen-bond donors (Lipinski definition) is 1. The van der Waals surface area contributed by atoms with E-state index in [0.29, 0.717) is 12.1 Å². The summed E-state index contributed by atoms with van der Waals surface area (Å²) in [4.78, 5) is 30.9. The molecule has 2 heterocycles. The Labute approximate surface area is 175 Å². The second kappa shape index (κ2) is 7.75. The van der Waals surface area contributed by atoms with Crippen molar-refractivity contribution in [3.63, 3.8) is 0 Å². The summed E-state index contributed by atoms with van der Waals surface area (Å²) in [6, 6.07) is 17.7. The van der Waals surface area contributed by atoms with E-state index < -0.39 is 0 Å². The molecule has 5 heteroatoms. The predicted octanol–water partition coefficient (Wildman–Crippen LogP) is 3.98. The largest absolute Gasteiger partial charge is 0.348 e. The third kappa shape index (κ3) is 3.71. The van der Waals surface area contributed by atoms with Gasteiger partial charge in [-0.25, -0.2) is 0 Å². The monoisotopic (exact) mass is 397 g/mol. The van der Waals surface area contributed by atoms with Gasteiger partial charge in [0, 0.05) is 42.7 Å². The van der Waals surface area contributed by atoms with Gasteiger partial charge in [-0.15, -0.1) is 0 Å². The van der Waals surface area contributed by atoms with Gasteiger partial charge in [0.1, 0.15) is 0 Å². The van der Waals surface area contributed by atoms with Gasteiger partial charge < -0.3 is 10.2 Å². The Morgan fingerprint density at radius 3 is 2.57 bits per heavy atom. The minimum atomic E-state index is -0.103. The SMILES string of the molecule is O=C(NCc1cccnc1)c1ccc(-c2ccc3c(c2)CCN3C(=O)C2CC2)cc1. The molecule has 0 bridgehead atoms. The van der Waals surface area contributed by atoms with Gasteiger partial charge in [-0.2, -0.15) is 0 Å². The third-order valence-corrected chi connectivity index (χ3v) is 5.82. The van der Waals surface area contributed by atoms with Crippen LogP contribution < -0.4 is 10.2 Å². The number of amides is 2. The molecule has 1 N–H and O–H groups in total. The van der Waals surface area contributed by atoms with E-state index in [0.717, 1.165) is 48.2 Å². The van der Waals surface area contributed by atoms with E-state index in [1.807, 2.05) is 41.3 Å². The normalized spacial score (nSPS) is 15.0. The summed E-state index contributed by atoms with van der Waals surface area (Å²) in [5.74, 6) is 0.421. The Morgan fingerprint density at radius 2 is 1.83 bits per heavy atom. The van der Waals surface area contributed by atoms with Crippen LogP contribution in [0.5, 0.6) is 0 Å². The predicted molar refractivity (Wildman–Crippen MR) is 116 cm³/mol. The zero-order valence-electron chi connectivity index (χ0n) is 16.7. The number of nitrogens with zero attached hydrogens (tertiary/aromatic N) is 2. The first kappa shape index (κ1) is 18.6. The molecule has 1 aliphatic carbocycles. The van der Waals surface area contributed by atoms with Crippen LogP contribution in [-0.4, -0.2) is 23.3 Å². The van der Waals surface area contributed by atoms with Crippen molar-refractivity contribution in [3.05, 3.63) is 83.7 Å². The summed E-state index contributed by atoms with van der Waals surface area (Å²) in [5, 5.41) is 2.92. The summed E-state index contributed by atoms with van der Waals surface area (Å²) < 4.78 is 0. The van der Waals surface area contributed by atoms with Crippen molar-refractivity contribution >= 4 is 17.5 Å². The van der Waals surface area contributed by atoms with Crippen LogP contribution in [0.15, 0.2) is 67.0 Å². The number of rotatable bonds is 5. The lowest BCUT2D eigenvalue weighted by molar-refractivity contribution is -0.119. The molecule has 0 radical (unpaired) electrons. The summed E-state index contributed by atoms with van der Waals surface area (Å²) in [6.07, 6.45) is 6.42. The smallest absolute Gasteiger partial charge is 0.251 e. The lowest BCUT2D eigenvalue weighted by Gasteiger charge is -2.17. The van der Waals surface area contributed by atoms with Crippen molar-refractivity contribution in [3.8, 4) is 11.1 Å². The van der Waals surface area contributed by atoms with Gasteiger partial charge in [0.05, 0.1) is 0 Å². The highest BCUT2D eigenvalue weighted by atomic mass is 16.2. The minimum absolute atomic E-state index is 0.103. The number of aromatic nitrogens is 1. The quantitative estimate of drug-likeness (QED) is 0.708. The van der Waals surface area contributed by atoms with Gasteiger partial charge in [0.2, 0.25) is 5.91 Å². The fraction of sp³-hybridized carbons (Fsp3) is 0.240. The van der Waals surface area contributed by atoms with Crippen molar-refractivity contribution in [2.24, 2.45) is 5.92 Å². The standard InChI is InChI=1S/C25H23N3O2/c29-24(27-16-17-2-1-12-26-15-17)19-5-3-18(4-6-19)21-9-10-23-22(14-21)11-13-28(23)25(30)20-7-8-20/h1-6,9-10,12,14-15,20H,7-8,11,13,16H2,(H,27,29). The first-order valence-corrected chi connectivity index (χ1v) is 10.4. The molecule has 2 amide bonds. The molecule has 5 nitrogen and oxygen atoms in total. The average molecular weight is 397 g/mol. The minimum Gasteiger partial charge on any atom is -0.348 e. The highest BCUT2D eigenvalue weighted by Crippen LogP contribution is 2.37. The molecule has 2 aromatic carbocycles. The molecular weight excluding hydrogens is 374 g/mol. The molecule has 0 spiro atoms. The molecule has 5 rings (SSSR count). The van der Waals surface area contributed by atoms with Crippen molar-refractivity contribution in [1.29, 1.82) is 0 Å². The van der Waals surface area contributed by atoms with Crippen molar-refractivity contribution in [2.45, 2.75) is 25.8 Å². The average Bonchev–Trinajstić information content (AvgIpc) is 3.57. The number of hydrogen-bond acceptors (Lipinski definition) is 3. The van der Waals surface area contributed by atoms with Gasteiger partial charge in [-0.3, -0.25) is 14.6 Å². The van der Waals surface area contributed by atoms with Crippen LogP contribution in [-0.2, 0) is 17.8 Å². The van der Waals surface area contributed by atoms with Crippen molar-refractivity contribution in [1.82, 2.24) is 10.3 Å². The van der Waals surface area contributed by atoms with E-state index >= 15 is 0 Å². The van der Waals surface area contributed by atoms with Crippen LogP contribution in [0.25, 0.3) is 11.1 Å². The summed E-state index contributed by atoms with van der Waals surface area (Å²) in [7, 11) is 0. The van der Waals surface area contributed by atoms with Gasteiger partial charge in [-0.05, 0) is 71.8 Å². The highest BCUT2D eigenvalue weighted by molar-refractivity contribution is 5.98. The van der Waals surface area contributed by atoms with Gasteiger partial charge >= 0.3 is 0 Å². The van der Waals surface area contributed by atoms with E-state index in [-0.39, 0.29) is 17.7 Å². The van der Waals surface area contributed by atoms with Crippen molar-refractivity contribution in [2.75, 3.05) is 11.4 Å². The molecular formula is C25H23N3O2. The summed E-state index contributed by atoms with van der Waals surface area (Å²) in [5.41, 5.74) is 6.05. The molecule has 1 aromatic heterocycles. The molecule has 0 atom stereocenters. The van der Waals surface area contributed by atoms with Gasteiger partial charge in [0.25, 0.3) is 5.91 Å². The van der Waals surface area contributed by atoms with Crippen LogP contribution in [0.4, 0.5) is 5.69 Å². The maximum Gasteiger partial charge on any atom is 0.251 e. The number of nitrogens with one attached hydrogen (secondary N) is 1. The summed E-state index contributed by atoms with van der Waals surface area (Å²) >= 11 is 0. The van der Waals surface area contributed by atoms with E-state index in [9.17, 15) is 9.59 Å². The molecule has 3 aromatic rings. The second-order valence-electron chi connectivity index (χ2n) is 7.98. The van der Waals surface area contributed by atoms with E-state index in [1.165, 1.54) is 5.56 Å². The van der Waals surface area contributed by atoms with Crippen LogP contribution in [0, 0.1) is 5.92 Å². The number of benzene rings is 2. The Bertz CT molecular complexity index is 1090. The fourth-order valence-corrected chi connectivity index (χ4v) is 3.96. The summed E-state index contributed by atoms with van der Waals surface area (Å²) in [6.45, 7) is 1.24. The molecule has 1 aliphatic heterocycles. The maximum absolute atomic E-state index is 12.5. The zero-order valence-corrected chi connectivity index (χ0v) is 16.7. The van der Waals surface area contributed by atoms with Crippen LogP contribution >= 0.6 is 0 Å². The maximum atomic E-state index is 12.5. The number of pyridine rings is 1. The first-order chi connectivity index (χ1) is 14.7. The van der Waals surface area contributed by atoms with E-state index in [2.05, 4.69) is 28.5 Å². The van der Waals surface area contributed by atoms with E-state index in [4.69, 9.17) is 0 Å². The molecule has 1 fully saturated rings. The fourth-order valence-electron chi connectivity index (χ4n) is 3.96. The Hall–Kier alpha value is -3.47. The number of fused-ring (bicyclic) bond motifs is 1. The molecule has 30 heavy (non-hydrogen) atoms. The molecule has 0 unspecified atom stereocenters. The topological polar surface area (TPSA) is 62.3 Å². The lowest BCUT2D eigenvalue weighted by atomic mass is 10.0. The Kier molecular flexibility index (Phi) is 4.79. The lowest BCUT2D eigenvalue weighted by Crippen LogP contribution is -2.30. The Balaban J connectivity index is 1.27. The molecule has 1 saturated carbocycles. The number of carbonyl (C=O) groups is 2. The third-order valence-electron chi connectivity index (χ3n) is 5.82. The Morgan fingerprint density at radius 1 is 1.03 bits per heavy atom. The van der Waals surface area contributed by atoms with E-state index in [1.54, 1.807) is 12.4 Å². The number of carbonyl (C=O) groups excluding carboxylic acids is 2. The van der Waals surface area contributed by atoms with Crippen LogP contribution in [0.3, 0.4) is 0 Å². The molecule has 0 saturated heterocycles.